The second kappa shape index (κ2) is 8.12. The molecule has 8 heteroatoms. The van der Waals surface area contributed by atoms with E-state index < -0.39 is 16.0 Å². The molecule has 1 heterocycles. The Hall–Kier alpha value is -2.71. The van der Waals surface area contributed by atoms with Gasteiger partial charge in [0.15, 0.2) is 0 Å². The molecule has 0 aliphatic carbocycles. The largest absolute Gasteiger partial charge is 0.545 e. The second-order valence-corrected chi connectivity index (χ2v) is 8.79. The van der Waals surface area contributed by atoms with Gasteiger partial charge in [-0.05, 0) is 49.6 Å². The van der Waals surface area contributed by atoms with Crippen LogP contribution in [0.2, 0.25) is 0 Å². The van der Waals surface area contributed by atoms with Crippen LogP contribution in [0.15, 0.2) is 53.4 Å². The molecule has 148 valence electrons. The molecule has 1 fully saturated rings. The normalized spacial score (nSPS) is 15.9. The lowest BCUT2D eigenvalue weighted by Gasteiger charge is -2.30. The highest BCUT2D eigenvalue weighted by Gasteiger charge is 2.32. The first kappa shape index (κ1) is 20.0. The zero-order valence-corrected chi connectivity index (χ0v) is 16.2. The molecule has 0 unspecified atom stereocenters. The first-order valence-electron chi connectivity index (χ1n) is 8.96. The maximum absolute atomic E-state index is 12.7. The van der Waals surface area contributed by atoms with Crippen molar-refractivity contribution in [1.29, 1.82) is 0 Å². The number of nitrogens with zero attached hydrogens (tertiary/aromatic N) is 1. The van der Waals surface area contributed by atoms with E-state index in [0.29, 0.717) is 18.5 Å². The number of nitrogens with one attached hydrogen (secondary N) is 1. The lowest BCUT2D eigenvalue weighted by molar-refractivity contribution is -0.255. The molecule has 1 saturated heterocycles. The molecule has 2 aromatic rings. The van der Waals surface area contributed by atoms with Crippen molar-refractivity contribution in [2.75, 3.05) is 18.4 Å². The van der Waals surface area contributed by atoms with Gasteiger partial charge in [0.2, 0.25) is 15.9 Å². The summed E-state index contributed by atoms with van der Waals surface area (Å²) in [5.41, 5.74) is 1.34. The third-order valence-electron chi connectivity index (χ3n) is 4.85. The highest BCUT2D eigenvalue weighted by atomic mass is 32.2. The minimum absolute atomic E-state index is 0.0168. The van der Waals surface area contributed by atoms with Gasteiger partial charge in [0, 0.05) is 24.7 Å². The summed E-state index contributed by atoms with van der Waals surface area (Å²) < 4.78 is 26.9. The molecule has 0 saturated carbocycles. The monoisotopic (exact) mass is 401 g/mol. The third-order valence-corrected chi connectivity index (χ3v) is 6.76. The number of aryl methyl sites for hydroxylation is 1. The van der Waals surface area contributed by atoms with Gasteiger partial charge in [-0.2, -0.15) is 4.31 Å². The summed E-state index contributed by atoms with van der Waals surface area (Å²) >= 11 is 0. The topological polar surface area (TPSA) is 107 Å². The van der Waals surface area contributed by atoms with Gasteiger partial charge in [0.1, 0.15) is 0 Å². The van der Waals surface area contributed by atoms with E-state index in [1.165, 1.54) is 22.5 Å². The number of anilines is 1. The van der Waals surface area contributed by atoms with Gasteiger partial charge in [-0.1, -0.05) is 29.8 Å². The maximum Gasteiger partial charge on any atom is 0.243 e. The minimum atomic E-state index is -3.57. The van der Waals surface area contributed by atoms with Crippen LogP contribution in [0, 0.1) is 12.8 Å². The molecule has 1 amide bonds. The first-order chi connectivity index (χ1) is 13.3. The van der Waals surface area contributed by atoms with Crippen LogP contribution in [0.4, 0.5) is 5.69 Å². The van der Waals surface area contributed by atoms with Crippen LogP contribution < -0.4 is 10.4 Å². The molecule has 0 atom stereocenters. The average molecular weight is 401 g/mol. The Balaban J connectivity index is 1.62. The van der Waals surface area contributed by atoms with Crippen molar-refractivity contribution < 1.29 is 23.1 Å². The zero-order chi connectivity index (χ0) is 20.3. The van der Waals surface area contributed by atoms with Crippen molar-refractivity contribution in [2.45, 2.75) is 24.7 Å². The summed E-state index contributed by atoms with van der Waals surface area (Å²) in [6.07, 6.45) is 0.800. The highest BCUT2D eigenvalue weighted by molar-refractivity contribution is 7.89. The molecule has 7 nitrogen and oxygen atoms in total. The van der Waals surface area contributed by atoms with Crippen molar-refractivity contribution in [2.24, 2.45) is 5.92 Å². The van der Waals surface area contributed by atoms with Crippen molar-refractivity contribution in [3.05, 3.63) is 59.7 Å². The van der Waals surface area contributed by atoms with E-state index in [-0.39, 0.29) is 35.4 Å². The predicted octanol–water partition coefficient (Wildman–Crippen LogP) is 1.40. The molecule has 0 radical (unpaired) electrons. The number of carboxylic acids is 1. The van der Waals surface area contributed by atoms with Crippen molar-refractivity contribution >= 4 is 27.6 Å². The Labute approximate surface area is 164 Å². The fraction of sp³-hybridized carbons (Fsp3) is 0.300. The number of hydrogen-bond acceptors (Lipinski definition) is 5. The number of aromatic carboxylic acids is 1. The number of rotatable bonds is 5. The van der Waals surface area contributed by atoms with Crippen molar-refractivity contribution in [1.82, 2.24) is 4.31 Å². The number of sulfonamides is 1. The van der Waals surface area contributed by atoms with E-state index in [4.69, 9.17) is 0 Å². The smallest absolute Gasteiger partial charge is 0.243 e. The summed E-state index contributed by atoms with van der Waals surface area (Å²) in [7, 11) is -3.57. The minimum Gasteiger partial charge on any atom is -0.545 e. The first-order valence-corrected chi connectivity index (χ1v) is 10.4. The number of hydrogen-bond donors (Lipinski definition) is 1. The number of amides is 1. The summed E-state index contributed by atoms with van der Waals surface area (Å²) in [4.78, 5) is 23.6. The Morgan fingerprint density at radius 1 is 1.07 bits per heavy atom. The fourth-order valence-electron chi connectivity index (χ4n) is 3.19. The lowest BCUT2D eigenvalue weighted by Crippen LogP contribution is -2.41. The van der Waals surface area contributed by atoms with E-state index in [1.807, 2.05) is 6.92 Å². The number of carbonyl (C=O) groups is 2. The molecule has 0 bridgehead atoms. The molecule has 28 heavy (non-hydrogen) atoms. The van der Waals surface area contributed by atoms with E-state index >= 15 is 0 Å². The molecule has 0 spiro atoms. The van der Waals surface area contributed by atoms with E-state index in [2.05, 4.69) is 5.32 Å². The molecule has 0 aromatic heterocycles. The standard InChI is InChI=1S/C20H22N2O5S/c1-14-5-7-18(8-6-14)28(26,27)22-11-9-15(10-12-22)19(23)21-17-4-2-3-16(13-17)20(24)25/h2-8,13,15H,9-12H2,1H3,(H,21,23)(H,24,25)/p-1. The highest BCUT2D eigenvalue weighted by Crippen LogP contribution is 2.25. The van der Waals surface area contributed by atoms with Gasteiger partial charge in [-0.15, -0.1) is 0 Å². The Bertz CT molecular complexity index is 978. The molecular formula is C20H21N2O5S-. The van der Waals surface area contributed by atoms with Gasteiger partial charge >= 0.3 is 0 Å². The predicted molar refractivity (Wildman–Crippen MR) is 102 cm³/mol. The van der Waals surface area contributed by atoms with Crippen LogP contribution in [-0.4, -0.2) is 37.7 Å². The Morgan fingerprint density at radius 2 is 1.71 bits per heavy atom. The molecule has 2 aromatic carbocycles. The number of benzene rings is 2. The van der Waals surface area contributed by atoms with Gasteiger partial charge in [-0.3, -0.25) is 4.79 Å². The SMILES string of the molecule is Cc1ccc(S(=O)(=O)N2CCC(C(=O)Nc3cccc(C(=O)[O-])c3)CC2)cc1. The van der Waals surface area contributed by atoms with E-state index in [9.17, 15) is 23.1 Å². The summed E-state index contributed by atoms with van der Waals surface area (Å²) in [6, 6.07) is 12.5. The molecular weight excluding hydrogens is 380 g/mol. The van der Waals surface area contributed by atoms with Crippen molar-refractivity contribution in [3.8, 4) is 0 Å². The summed E-state index contributed by atoms with van der Waals surface area (Å²) in [6.45, 7) is 2.41. The average Bonchev–Trinajstić information content (AvgIpc) is 2.68. The molecule has 1 aliphatic rings. The number of piperidine rings is 1. The second-order valence-electron chi connectivity index (χ2n) is 6.85. The van der Waals surface area contributed by atoms with Crippen LogP contribution in [0.3, 0.4) is 0 Å². The number of carboxylic acid groups (broad SMARTS) is 1. The molecule has 1 aliphatic heterocycles. The van der Waals surface area contributed by atoms with Crippen LogP contribution in [0.25, 0.3) is 0 Å². The summed E-state index contributed by atoms with van der Waals surface area (Å²) in [5.74, 6) is -1.90. The Morgan fingerprint density at radius 3 is 2.32 bits per heavy atom. The van der Waals surface area contributed by atoms with E-state index in [0.717, 1.165) is 5.56 Å². The van der Waals surface area contributed by atoms with Crippen molar-refractivity contribution in [3.63, 3.8) is 0 Å². The van der Waals surface area contributed by atoms with Crippen LogP contribution in [0.5, 0.6) is 0 Å². The summed E-state index contributed by atoms with van der Waals surface area (Å²) in [5, 5.41) is 13.6. The Kier molecular flexibility index (Phi) is 5.81. The van der Waals surface area contributed by atoms with E-state index in [1.54, 1.807) is 30.3 Å². The zero-order valence-electron chi connectivity index (χ0n) is 15.4. The van der Waals surface area contributed by atoms with Gasteiger partial charge in [0.25, 0.3) is 0 Å². The molecule has 1 N–H and O–H groups in total. The quantitative estimate of drug-likeness (QED) is 0.815. The van der Waals surface area contributed by atoms with Crippen LogP contribution in [-0.2, 0) is 14.8 Å². The van der Waals surface area contributed by atoms with Crippen LogP contribution in [0.1, 0.15) is 28.8 Å². The van der Waals surface area contributed by atoms with Gasteiger partial charge < -0.3 is 15.2 Å². The third kappa shape index (κ3) is 4.40. The van der Waals surface area contributed by atoms with Gasteiger partial charge in [-0.25, -0.2) is 8.42 Å². The molecule has 3 rings (SSSR count). The number of carbonyl (C=O) groups excluding carboxylic acids is 2. The maximum atomic E-state index is 12.7. The lowest BCUT2D eigenvalue weighted by atomic mass is 9.97. The fourth-order valence-corrected chi connectivity index (χ4v) is 4.66. The van der Waals surface area contributed by atoms with Crippen LogP contribution >= 0.6 is 0 Å². The van der Waals surface area contributed by atoms with Gasteiger partial charge in [0.05, 0.1) is 10.9 Å².